The van der Waals surface area contributed by atoms with Crippen molar-refractivity contribution >= 4 is 12.2 Å². The minimum Gasteiger partial charge on any atom is -0.493 e. The summed E-state index contributed by atoms with van der Waals surface area (Å²) >= 11 is 0. The number of rotatable bonds is 8. The molecule has 0 saturated heterocycles. The fourth-order valence-electron chi connectivity index (χ4n) is 3.45. The largest absolute Gasteiger partial charge is 0.493 e. The third-order valence-electron chi connectivity index (χ3n) is 5.02. The molecule has 1 N–H and O–H groups in total. The Kier molecular flexibility index (Phi) is 6.97. The van der Waals surface area contributed by atoms with Crippen LogP contribution in [0.15, 0.2) is 53.6 Å². The zero-order chi connectivity index (χ0) is 22.4. The average Bonchev–Trinajstić information content (AvgIpc) is 3.08. The van der Waals surface area contributed by atoms with Gasteiger partial charge >= 0.3 is 5.97 Å². The lowest BCUT2D eigenvalue weighted by molar-refractivity contribution is 0.0600. The van der Waals surface area contributed by atoms with Crippen LogP contribution < -0.4 is 14.9 Å². The molecule has 0 amide bonds. The van der Waals surface area contributed by atoms with Gasteiger partial charge in [0, 0.05) is 22.6 Å². The van der Waals surface area contributed by atoms with Crippen molar-refractivity contribution in [1.29, 1.82) is 0 Å². The van der Waals surface area contributed by atoms with Crippen LogP contribution in [0.5, 0.6) is 11.5 Å². The number of carbonyl (C=O) groups excluding carboxylic acids is 1. The highest BCUT2D eigenvalue weighted by Gasteiger charge is 2.12. The summed E-state index contributed by atoms with van der Waals surface area (Å²) in [6.45, 7) is 4.59. The van der Waals surface area contributed by atoms with Gasteiger partial charge in [-0.25, -0.2) is 4.79 Å². The maximum Gasteiger partial charge on any atom is 0.337 e. The molecular formula is C24H27N3O4. The second kappa shape index (κ2) is 9.84. The maximum atomic E-state index is 11.9. The van der Waals surface area contributed by atoms with Crippen LogP contribution in [-0.4, -0.2) is 38.1 Å². The molecule has 0 aliphatic carbocycles. The van der Waals surface area contributed by atoms with E-state index in [0.717, 1.165) is 28.2 Å². The zero-order valence-corrected chi connectivity index (χ0v) is 18.4. The monoisotopic (exact) mass is 421 g/mol. The zero-order valence-electron chi connectivity index (χ0n) is 18.4. The molecule has 7 heteroatoms. The number of benzene rings is 2. The van der Waals surface area contributed by atoms with Crippen LogP contribution in [-0.2, 0) is 11.3 Å². The molecule has 2 aromatic carbocycles. The summed E-state index contributed by atoms with van der Waals surface area (Å²) in [7, 11) is 4.61. The van der Waals surface area contributed by atoms with E-state index in [-0.39, 0.29) is 5.97 Å². The summed E-state index contributed by atoms with van der Waals surface area (Å²) in [5.41, 5.74) is 8.56. The molecule has 162 valence electrons. The Morgan fingerprint density at radius 1 is 1.03 bits per heavy atom. The van der Waals surface area contributed by atoms with Crippen molar-refractivity contribution in [2.75, 3.05) is 21.3 Å². The number of hydrazone groups is 1. The lowest BCUT2D eigenvalue weighted by atomic mass is 10.2. The van der Waals surface area contributed by atoms with E-state index in [9.17, 15) is 4.79 Å². The summed E-state index contributed by atoms with van der Waals surface area (Å²) in [4.78, 5) is 11.9. The molecule has 31 heavy (non-hydrogen) atoms. The molecule has 3 aromatic rings. The van der Waals surface area contributed by atoms with E-state index in [4.69, 9.17) is 14.2 Å². The molecule has 1 heterocycles. The summed E-state index contributed by atoms with van der Waals surface area (Å²) in [5, 5.41) is 4.37. The number of aromatic nitrogens is 1. The van der Waals surface area contributed by atoms with Gasteiger partial charge in [0.2, 0.25) is 0 Å². The first kappa shape index (κ1) is 22.0. The number of esters is 1. The number of carbonyl (C=O) groups is 1. The standard InChI is InChI=1S/C24H27N3O4/c1-16-11-20(15-26-25-14-18-9-10-22(29-3)23(12-18)30-4)17(2)27(16)21-8-6-7-19(13-21)24(28)31-5/h6-13,15,25H,14H2,1-5H3/b26-15+. The second-order valence-corrected chi connectivity index (χ2v) is 6.99. The fourth-order valence-corrected chi connectivity index (χ4v) is 3.45. The van der Waals surface area contributed by atoms with E-state index >= 15 is 0 Å². The first-order valence-electron chi connectivity index (χ1n) is 9.83. The highest BCUT2D eigenvalue weighted by Crippen LogP contribution is 2.27. The van der Waals surface area contributed by atoms with Crippen molar-refractivity contribution in [3.63, 3.8) is 0 Å². The Balaban J connectivity index is 1.74. The topological polar surface area (TPSA) is 74.1 Å². The van der Waals surface area contributed by atoms with Crippen LogP contribution in [0.3, 0.4) is 0 Å². The van der Waals surface area contributed by atoms with Gasteiger partial charge in [-0.2, -0.15) is 5.10 Å². The van der Waals surface area contributed by atoms with Crippen molar-refractivity contribution in [3.05, 3.63) is 76.6 Å². The molecule has 3 rings (SSSR count). The third kappa shape index (κ3) is 4.88. The minimum absolute atomic E-state index is 0.356. The smallest absolute Gasteiger partial charge is 0.337 e. The van der Waals surface area contributed by atoms with Gasteiger partial charge in [-0.15, -0.1) is 0 Å². The number of aryl methyl sites for hydroxylation is 1. The summed E-state index contributed by atoms with van der Waals surface area (Å²) in [5.74, 6) is 1.02. The normalized spacial score (nSPS) is 10.9. The van der Waals surface area contributed by atoms with Crippen LogP contribution in [0.1, 0.15) is 32.9 Å². The maximum absolute atomic E-state index is 11.9. The number of nitrogens with zero attached hydrogens (tertiary/aromatic N) is 2. The van der Waals surface area contributed by atoms with Crippen molar-refractivity contribution in [3.8, 4) is 17.2 Å². The van der Waals surface area contributed by atoms with E-state index in [0.29, 0.717) is 23.6 Å². The van der Waals surface area contributed by atoms with Gasteiger partial charge in [0.05, 0.1) is 39.7 Å². The van der Waals surface area contributed by atoms with Crippen LogP contribution in [0.2, 0.25) is 0 Å². The Hall–Kier alpha value is -3.74. The highest BCUT2D eigenvalue weighted by molar-refractivity contribution is 5.90. The molecule has 0 unspecified atom stereocenters. The number of hydrogen-bond acceptors (Lipinski definition) is 6. The van der Waals surface area contributed by atoms with E-state index in [2.05, 4.69) is 21.2 Å². The number of hydrogen-bond donors (Lipinski definition) is 1. The summed E-state index contributed by atoms with van der Waals surface area (Å²) < 4.78 is 17.5. The molecule has 0 atom stereocenters. The lowest BCUT2D eigenvalue weighted by Crippen LogP contribution is -2.06. The molecule has 0 bridgehead atoms. The predicted octanol–water partition coefficient (Wildman–Crippen LogP) is 4.02. The quantitative estimate of drug-likeness (QED) is 0.338. The van der Waals surface area contributed by atoms with Gasteiger partial charge in [0.25, 0.3) is 0 Å². The number of nitrogens with one attached hydrogen (secondary N) is 1. The van der Waals surface area contributed by atoms with Crippen LogP contribution >= 0.6 is 0 Å². The Bertz CT molecular complexity index is 1100. The molecule has 0 aliphatic heterocycles. The van der Waals surface area contributed by atoms with Gasteiger partial charge in [-0.05, 0) is 55.8 Å². The Morgan fingerprint density at radius 3 is 2.52 bits per heavy atom. The van der Waals surface area contributed by atoms with Gasteiger partial charge in [-0.1, -0.05) is 12.1 Å². The second-order valence-electron chi connectivity index (χ2n) is 6.99. The summed E-state index contributed by atoms with van der Waals surface area (Å²) in [6.07, 6.45) is 1.80. The first-order valence-corrected chi connectivity index (χ1v) is 9.83. The van der Waals surface area contributed by atoms with Crippen molar-refractivity contribution < 1.29 is 19.0 Å². The van der Waals surface area contributed by atoms with Crippen LogP contribution in [0.4, 0.5) is 0 Å². The Morgan fingerprint density at radius 2 is 1.81 bits per heavy atom. The van der Waals surface area contributed by atoms with Crippen molar-refractivity contribution in [2.45, 2.75) is 20.4 Å². The van der Waals surface area contributed by atoms with Gasteiger partial charge in [-0.3, -0.25) is 0 Å². The summed E-state index contributed by atoms with van der Waals surface area (Å²) in [6, 6.07) is 15.2. The number of ether oxygens (including phenoxy) is 3. The van der Waals surface area contributed by atoms with E-state index < -0.39 is 0 Å². The minimum atomic E-state index is -0.356. The highest BCUT2D eigenvalue weighted by atomic mass is 16.5. The van der Waals surface area contributed by atoms with E-state index in [1.807, 2.05) is 50.2 Å². The molecule has 0 aliphatic rings. The Labute approximate surface area is 182 Å². The van der Waals surface area contributed by atoms with Crippen molar-refractivity contribution in [1.82, 2.24) is 9.99 Å². The van der Waals surface area contributed by atoms with Gasteiger partial charge < -0.3 is 24.2 Å². The average molecular weight is 421 g/mol. The number of methoxy groups -OCH3 is 3. The fraction of sp³-hybridized carbons (Fsp3) is 0.250. The van der Waals surface area contributed by atoms with Crippen LogP contribution in [0, 0.1) is 13.8 Å². The predicted molar refractivity (Wildman–Crippen MR) is 121 cm³/mol. The van der Waals surface area contributed by atoms with Gasteiger partial charge in [0.1, 0.15) is 0 Å². The third-order valence-corrected chi connectivity index (χ3v) is 5.02. The first-order chi connectivity index (χ1) is 15.0. The molecule has 0 radical (unpaired) electrons. The molecule has 7 nitrogen and oxygen atoms in total. The van der Waals surface area contributed by atoms with Gasteiger partial charge in [0.15, 0.2) is 11.5 Å². The lowest BCUT2D eigenvalue weighted by Gasteiger charge is -2.11. The molecule has 1 aromatic heterocycles. The van der Waals surface area contributed by atoms with E-state index in [1.165, 1.54) is 7.11 Å². The van der Waals surface area contributed by atoms with Crippen molar-refractivity contribution in [2.24, 2.45) is 5.10 Å². The SMILES string of the molecule is COC(=O)c1cccc(-n2c(C)cc(/C=N/NCc3ccc(OC)c(OC)c3)c2C)c1. The molecule has 0 saturated carbocycles. The molecule has 0 spiro atoms. The molecule has 0 fully saturated rings. The van der Waals surface area contributed by atoms with E-state index in [1.54, 1.807) is 26.5 Å². The van der Waals surface area contributed by atoms with Crippen LogP contribution in [0.25, 0.3) is 5.69 Å². The molecular weight excluding hydrogens is 394 g/mol.